The predicted octanol–water partition coefficient (Wildman–Crippen LogP) is -0.128. The number of carbonyl (C=O) groups is 1. The molecule has 3 N–H and O–H groups in total. The summed E-state index contributed by atoms with van der Waals surface area (Å²) in [6.45, 7) is -0.663. The number of hydrogen-bond donors (Lipinski definition) is 3. The molecule has 0 fully saturated rings. The Labute approximate surface area is 86.5 Å². The van der Waals surface area contributed by atoms with E-state index in [4.69, 9.17) is 14.9 Å². The van der Waals surface area contributed by atoms with Crippen LogP contribution in [0.15, 0.2) is 30.3 Å². The molecule has 0 spiro atoms. The number of rotatable bonds is 5. The first kappa shape index (κ1) is 11.5. The van der Waals surface area contributed by atoms with Crippen LogP contribution in [0.1, 0.15) is 0 Å². The van der Waals surface area contributed by atoms with Gasteiger partial charge in [-0.05, 0) is 12.1 Å². The van der Waals surface area contributed by atoms with Crippen LogP contribution in [-0.2, 0) is 4.79 Å². The SMILES string of the molecule is O=C(O)C(Oc1ccccc1)C(O)CO. The van der Waals surface area contributed by atoms with E-state index in [-0.39, 0.29) is 0 Å². The van der Waals surface area contributed by atoms with Crippen LogP contribution in [0.25, 0.3) is 0 Å². The van der Waals surface area contributed by atoms with Crippen molar-refractivity contribution in [3.8, 4) is 5.75 Å². The van der Waals surface area contributed by atoms with E-state index in [0.717, 1.165) is 0 Å². The number of ether oxygens (including phenoxy) is 1. The molecule has 0 aliphatic heterocycles. The standard InChI is InChI=1S/C10H12O5/c11-6-8(12)9(10(13)14)15-7-4-2-1-3-5-7/h1-5,8-9,11-12H,6H2,(H,13,14). The zero-order chi connectivity index (χ0) is 11.3. The van der Waals surface area contributed by atoms with Gasteiger partial charge >= 0.3 is 5.97 Å². The van der Waals surface area contributed by atoms with Crippen LogP contribution in [0.3, 0.4) is 0 Å². The molecular weight excluding hydrogens is 200 g/mol. The maximum atomic E-state index is 10.7. The molecule has 0 bridgehead atoms. The second kappa shape index (κ2) is 5.33. The number of benzene rings is 1. The molecule has 0 aliphatic rings. The Bertz CT molecular complexity index is 311. The molecule has 0 amide bonds. The van der Waals surface area contributed by atoms with E-state index in [9.17, 15) is 9.90 Å². The van der Waals surface area contributed by atoms with Crippen molar-refractivity contribution < 1.29 is 24.9 Å². The van der Waals surface area contributed by atoms with E-state index in [1.54, 1.807) is 30.3 Å². The Morgan fingerprint density at radius 1 is 1.33 bits per heavy atom. The lowest BCUT2D eigenvalue weighted by molar-refractivity contribution is -0.151. The summed E-state index contributed by atoms with van der Waals surface area (Å²) >= 11 is 0. The molecule has 82 valence electrons. The van der Waals surface area contributed by atoms with Gasteiger partial charge in [0.1, 0.15) is 11.9 Å². The van der Waals surface area contributed by atoms with Gasteiger partial charge in [-0.3, -0.25) is 0 Å². The maximum absolute atomic E-state index is 10.7. The second-order valence-electron chi connectivity index (χ2n) is 2.94. The number of carboxylic acid groups (broad SMARTS) is 1. The number of hydrogen-bond acceptors (Lipinski definition) is 4. The number of para-hydroxylation sites is 1. The highest BCUT2D eigenvalue weighted by molar-refractivity contribution is 5.73. The summed E-state index contributed by atoms with van der Waals surface area (Å²) in [5.74, 6) is -0.988. The van der Waals surface area contributed by atoms with Crippen molar-refractivity contribution in [3.63, 3.8) is 0 Å². The number of aliphatic carboxylic acids is 1. The third-order valence-electron chi connectivity index (χ3n) is 1.79. The third-order valence-corrected chi connectivity index (χ3v) is 1.79. The first-order valence-corrected chi connectivity index (χ1v) is 4.38. The summed E-state index contributed by atoms with van der Waals surface area (Å²) in [6, 6.07) is 8.25. The van der Waals surface area contributed by atoms with Gasteiger partial charge in [-0.1, -0.05) is 18.2 Å². The average molecular weight is 212 g/mol. The molecule has 5 nitrogen and oxygen atoms in total. The summed E-state index contributed by atoms with van der Waals surface area (Å²) in [6.07, 6.45) is -2.90. The Kier molecular flexibility index (Phi) is 4.08. The number of carboxylic acids is 1. The van der Waals surface area contributed by atoms with Crippen molar-refractivity contribution in [1.82, 2.24) is 0 Å². The molecule has 2 atom stereocenters. The van der Waals surface area contributed by atoms with Crippen LogP contribution in [-0.4, -0.2) is 40.1 Å². The summed E-state index contributed by atoms with van der Waals surface area (Å²) in [4.78, 5) is 10.7. The normalized spacial score (nSPS) is 14.3. The second-order valence-corrected chi connectivity index (χ2v) is 2.94. The van der Waals surface area contributed by atoms with E-state index in [1.807, 2.05) is 0 Å². The Balaban J connectivity index is 2.71. The average Bonchev–Trinajstić information content (AvgIpc) is 2.26. The number of aliphatic hydroxyl groups excluding tert-OH is 2. The highest BCUT2D eigenvalue weighted by Crippen LogP contribution is 2.12. The van der Waals surface area contributed by atoms with Crippen molar-refractivity contribution in [2.24, 2.45) is 0 Å². The van der Waals surface area contributed by atoms with Gasteiger partial charge in [0.2, 0.25) is 6.10 Å². The van der Waals surface area contributed by atoms with E-state index in [2.05, 4.69) is 0 Å². The Hall–Kier alpha value is -1.59. The van der Waals surface area contributed by atoms with Crippen LogP contribution in [0.2, 0.25) is 0 Å². The van der Waals surface area contributed by atoms with Crippen molar-refractivity contribution in [1.29, 1.82) is 0 Å². The minimum atomic E-state index is -1.46. The molecule has 0 heterocycles. The van der Waals surface area contributed by atoms with Crippen LogP contribution in [0.4, 0.5) is 0 Å². The maximum Gasteiger partial charge on any atom is 0.347 e. The minimum absolute atomic E-state index is 0.331. The van der Waals surface area contributed by atoms with Gasteiger partial charge in [0.05, 0.1) is 6.61 Å². The molecule has 1 rings (SSSR count). The summed E-state index contributed by atoms with van der Waals surface area (Å²) < 4.78 is 5.02. The molecule has 1 aromatic rings. The lowest BCUT2D eigenvalue weighted by Gasteiger charge is -2.18. The van der Waals surface area contributed by atoms with Crippen LogP contribution < -0.4 is 4.74 Å². The third kappa shape index (κ3) is 3.23. The van der Waals surface area contributed by atoms with Crippen molar-refractivity contribution in [3.05, 3.63) is 30.3 Å². The molecule has 1 aromatic carbocycles. The number of aliphatic hydroxyl groups is 2. The Morgan fingerprint density at radius 2 is 1.93 bits per heavy atom. The topological polar surface area (TPSA) is 87.0 Å². The van der Waals surface area contributed by atoms with Gasteiger partial charge in [0, 0.05) is 0 Å². The molecule has 0 aliphatic carbocycles. The van der Waals surface area contributed by atoms with E-state index in [0.29, 0.717) is 5.75 Å². The van der Waals surface area contributed by atoms with Crippen molar-refractivity contribution in [2.45, 2.75) is 12.2 Å². The summed E-state index contributed by atoms with van der Waals surface area (Å²) in [5, 5.41) is 26.6. The van der Waals surface area contributed by atoms with Crippen LogP contribution in [0.5, 0.6) is 5.75 Å². The van der Waals surface area contributed by atoms with Crippen LogP contribution in [0, 0.1) is 0 Å². The van der Waals surface area contributed by atoms with E-state index in [1.165, 1.54) is 0 Å². The monoisotopic (exact) mass is 212 g/mol. The van der Waals surface area contributed by atoms with E-state index < -0.39 is 24.8 Å². The smallest absolute Gasteiger partial charge is 0.347 e. The molecule has 0 aromatic heterocycles. The summed E-state index contributed by atoms with van der Waals surface area (Å²) in [5.41, 5.74) is 0. The van der Waals surface area contributed by atoms with Gasteiger partial charge in [-0.2, -0.15) is 0 Å². The molecule has 0 saturated heterocycles. The highest BCUT2D eigenvalue weighted by Gasteiger charge is 2.27. The van der Waals surface area contributed by atoms with Gasteiger partial charge < -0.3 is 20.1 Å². The zero-order valence-corrected chi connectivity index (χ0v) is 7.91. The van der Waals surface area contributed by atoms with Gasteiger partial charge in [-0.15, -0.1) is 0 Å². The van der Waals surface area contributed by atoms with Crippen LogP contribution >= 0.6 is 0 Å². The van der Waals surface area contributed by atoms with Gasteiger partial charge in [-0.25, -0.2) is 4.79 Å². The highest BCUT2D eigenvalue weighted by atomic mass is 16.5. The van der Waals surface area contributed by atoms with E-state index >= 15 is 0 Å². The minimum Gasteiger partial charge on any atom is -0.478 e. The molecule has 0 radical (unpaired) electrons. The lowest BCUT2D eigenvalue weighted by Crippen LogP contribution is -2.41. The molecule has 2 unspecified atom stereocenters. The van der Waals surface area contributed by atoms with Crippen molar-refractivity contribution in [2.75, 3.05) is 6.61 Å². The first-order valence-electron chi connectivity index (χ1n) is 4.38. The quantitative estimate of drug-likeness (QED) is 0.633. The molecule has 0 saturated carbocycles. The molecule has 5 heteroatoms. The lowest BCUT2D eigenvalue weighted by atomic mass is 10.2. The fourth-order valence-corrected chi connectivity index (χ4v) is 1.03. The zero-order valence-electron chi connectivity index (χ0n) is 7.91. The Morgan fingerprint density at radius 3 is 2.40 bits per heavy atom. The van der Waals surface area contributed by atoms with Gasteiger partial charge in [0.15, 0.2) is 0 Å². The molecular formula is C10H12O5. The van der Waals surface area contributed by atoms with Gasteiger partial charge in [0.25, 0.3) is 0 Å². The van der Waals surface area contributed by atoms with Crippen molar-refractivity contribution >= 4 is 5.97 Å². The summed E-state index contributed by atoms with van der Waals surface area (Å²) in [7, 11) is 0. The molecule has 15 heavy (non-hydrogen) atoms. The largest absolute Gasteiger partial charge is 0.478 e. The predicted molar refractivity (Wildman–Crippen MR) is 51.6 cm³/mol. The fourth-order valence-electron chi connectivity index (χ4n) is 1.03. The fraction of sp³-hybridized carbons (Fsp3) is 0.300. The first-order chi connectivity index (χ1) is 7.15.